The zero-order valence-electron chi connectivity index (χ0n) is 14.9. The zero-order chi connectivity index (χ0) is 19.9. The number of rotatable bonds is 3. The highest BCUT2D eigenvalue weighted by Crippen LogP contribution is 2.65. The average Bonchev–Trinajstić information content (AvgIpc) is 2.92. The first kappa shape index (κ1) is 18.6. The number of carbonyl (C=O) groups excluding carboxylic acids is 4. The lowest BCUT2D eigenvalue weighted by Gasteiger charge is -2.41. The van der Waals surface area contributed by atoms with Crippen molar-refractivity contribution in [2.24, 2.45) is 17.3 Å². The number of hydrogen-bond acceptors (Lipinski definition) is 8. The normalized spacial score (nSPS) is 30.7. The van der Waals surface area contributed by atoms with Crippen molar-refractivity contribution in [1.29, 1.82) is 5.26 Å². The van der Waals surface area contributed by atoms with E-state index in [2.05, 4.69) is 0 Å². The van der Waals surface area contributed by atoms with Gasteiger partial charge in [-0.3, -0.25) is 19.2 Å². The molecule has 8 heteroatoms. The summed E-state index contributed by atoms with van der Waals surface area (Å²) in [5, 5.41) is 10.1. The van der Waals surface area contributed by atoms with Gasteiger partial charge in [0.15, 0.2) is 11.2 Å². The Morgan fingerprint density at radius 3 is 1.70 bits per heavy atom. The predicted molar refractivity (Wildman–Crippen MR) is 88.0 cm³/mol. The number of Topliss-reactive ketones (excluding diaryl/α,β-unsaturated/α-hetero) is 1. The van der Waals surface area contributed by atoms with Gasteiger partial charge >= 0.3 is 17.9 Å². The Kier molecular flexibility index (Phi) is 4.47. The summed E-state index contributed by atoms with van der Waals surface area (Å²) >= 11 is 0. The first-order valence-electron chi connectivity index (χ1n) is 8.18. The third kappa shape index (κ3) is 2.21. The third-order valence-electron chi connectivity index (χ3n) is 5.55. The second-order valence-electron chi connectivity index (χ2n) is 6.46. The van der Waals surface area contributed by atoms with E-state index in [1.807, 2.05) is 6.07 Å². The lowest BCUT2D eigenvalue weighted by molar-refractivity contribution is -0.168. The molecule has 1 aromatic carbocycles. The maximum atomic E-state index is 13.1. The molecule has 27 heavy (non-hydrogen) atoms. The minimum Gasteiger partial charge on any atom is -0.468 e. The van der Waals surface area contributed by atoms with Gasteiger partial charge in [-0.1, -0.05) is 24.3 Å². The van der Waals surface area contributed by atoms with E-state index in [0.29, 0.717) is 11.1 Å². The van der Waals surface area contributed by atoms with Crippen LogP contribution < -0.4 is 0 Å². The Labute approximate surface area is 155 Å². The molecule has 1 aromatic rings. The Bertz CT molecular complexity index is 831. The summed E-state index contributed by atoms with van der Waals surface area (Å²) in [6, 6.07) is 8.59. The Balaban J connectivity index is 2.40. The van der Waals surface area contributed by atoms with Crippen molar-refractivity contribution in [2.45, 2.75) is 11.8 Å². The van der Waals surface area contributed by atoms with Crippen LogP contribution in [0.4, 0.5) is 0 Å². The molecule has 0 amide bonds. The largest absolute Gasteiger partial charge is 0.468 e. The molecule has 5 atom stereocenters. The highest BCUT2D eigenvalue weighted by atomic mass is 16.5. The number of fused-ring (bicyclic) bond motifs is 5. The number of nitriles is 1. The van der Waals surface area contributed by atoms with Crippen LogP contribution in [-0.2, 0) is 33.4 Å². The second-order valence-corrected chi connectivity index (χ2v) is 6.46. The Morgan fingerprint density at radius 2 is 1.37 bits per heavy atom. The summed E-state index contributed by atoms with van der Waals surface area (Å²) in [4.78, 5) is 50.9. The SMILES string of the molecule is COC(=O)[C@@H]1C(=O)[C@H](C(=O)OC)[C@H]2c3ccccc3[C@H]1C2(C#N)C(=O)OC. The molecule has 3 rings (SSSR count). The molecule has 0 radical (unpaired) electrons. The summed E-state index contributed by atoms with van der Waals surface area (Å²) in [7, 11) is 3.31. The second kappa shape index (κ2) is 6.50. The number of ether oxygens (including phenoxy) is 3. The van der Waals surface area contributed by atoms with Gasteiger partial charge in [0.05, 0.1) is 27.4 Å². The molecule has 1 fully saturated rings. The fourth-order valence-corrected chi connectivity index (χ4v) is 4.53. The van der Waals surface area contributed by atoms with Crippen LogP contribution in [0.3, 0.4) is 0 Å². The van der Waals surface area contributed by atoms with Gasteiger partial charge in [-0.05, 0) is 11.1 Å². The van der Waals surface area contributed by atoms with E-state index in [4.69, 9.17) is 14.2 Å². The molecule has 0 aromatic heterocycles. The number of esters is 3. The topological polar surface area (TPSA) is 120 Å². The van der Waals surface area contributed by atoms with E-state index in [9.17, 15) is 24.4 Å². The van der Waals surface area contributed by atoms with Crippen LogP contribution in [0, 0.1) is 28.6 Å². The van der Waals surface area contributed by atoms with Crippen LogP contribution in [0.15, 0.2) is 24.3 Å². The maximum Gasteiger partial charge on any atom is 0.327 e. The summed E-state index contributed by atoms with van der Waals surface area (Å²) in [6.45, 7) is 0. The lowest BCUT2D eigenvalue weighted by atomic mass is 9.56. The average molecular weight is 371 g/mol. The molecular weight excluding hydrogens is 354 g/mol. The van der Waals surface area contributed by atoms with Crippen molar-refractivity contribution in [3.05, 3.63) is 35.4 Å². The van der Waals surface area contributed by atoms with Gasteiger partial charge in [0.25, 0.3) is 0 Å². The van der Waals surface area contributed by atoms with E-state index in [-0.39, 0.29) is 0 Å². The van der Waals surface area contributed by atoms with Crippen molar-refractivity contribution in [3.63, 3.8) is 0 Å². The van der Waals surface area contributed by atoms with Crippen LogP contribution >= 0.6 is 0 Å². The van der Waals surface area contributed by atoms with Crippen LogP contribution in [0.5, 0.6) is 0 Å². The highest BCUT2D eigenvalue weighted by Gasteiger charge is 2.72. The van der Waals surface area contributed by atoms with Gasteiger partial charge in [-0.15, -0.1) is 0 Å². The number of benzene rings is 1. The number of ketones is 1. The van der Waals surface area contributed by atoms with Crippen molar-refractivity contribution < 1.29 is 33.4 Å². The van der Waals surface area contributed by atoms with E-state index in [0.717, 1.165) is 21.3 Å². The molecule has 0 spiro atoms. The quantitative estimate of drug-likeness (QED) is 0.433. The Morgan fingerprint density at radius 1 is 0.926 bits per heavy atom. The first-order valence-corrected chi connectivity index (χ1v) is 8.18. The molecule has 0 N–H and O–H groups in total. The molecular formula is C19H17NO7. The van der Waals surface area contributed by atoms with Crippen molar-refractivity contribution in [1.82, 2.24) is 0 Å². The molecule has 1 saturated carbocycles. The summed E-state index contributed by atoms with van der Waals surface area (Å²) in [6.07, 6.45) is 0. The van der Waals surface area contributed by atoms with Crippen molar-refractivity contribution in [3.8, 4) is 6.07 Å². The van der Waals surface area contributed by atoms with E-state index in [1.165, 1.54) is 0 Å². The number of hydrogen-bond donors (Lipinski definition) is 0. The van der Waals surface area contributed by atoms with Crippen LogP contribution in [0.25, 0.3) is 0 Å². The van der Waals surface area contributed by atoms with Crippen LogP contribution in [-0.4, -0.2) is 45.0 Å². The molecule has 1 unspecified atom stereocenters. The molecule has 8 nitrogen and oxygen atoms in total. The molecule has 0 saturated heterocycles. The number of nitrogens with zero attached hydrogens (tertiary/aromatic N) is 1. The summed E-state index contributed by atoms with van der Waals surface area (Å²) < 4.78 is 14.4. The molecule has 2 bridgehead atoms. The van der Waals surface area contributed by atoms with Crippen molar-refractivity contribution in [2.75, 3.05) is 21.3 Å². The van der Waals surface area contributed by atoms with E-state index in [1.54, 1.807) is 24.3 Å². The molecule has 140 valence electrons. The van der Waals surface area contributed by atoms with Gasteiger partial charge in [-0.25, -0.2) is 0 Å². The molecule has 2 aliphatic rings. The lowest BCUT2D eigenvalue weighted by Crippen LogP contribution is -2.55. The van der Waals surface area contributed by atoms with Gasteiger partial charge in [0.2, 0.25) is 0 Å². The summed E-state index contributed by atoms with van der Waals surface area (Å²) in [5.74, 6) is -8.71. The highest BCUT2D eigenvalue weighted by molar-refractivity contribution is 6.13. The predicted octanol–water partition coefficient (Wildman–Crippen LogP) is 0.711. The van der Waals surface area contributed by atoms with Gasteiger partial charge in [0.1, 0.15) is 11.8 Å². The van der Waals surface area contributed by atoms with E-state index >= 15 is 0 Å². The standard InChI is InChI=1S/C19H17NO7/c1-25-16(22)11-13-9-6-4-5-7-10(9)14(12(15(11)21)17(23)26-2)19(13,8-20)18(24)27-3/h4-7,11-14H,1-3H3/t11-,12+,13-,14-,19?/m1/s1. The smallest absolute Gasteiger partial charge is 0.327 e. The van der Waals surface area contributed by atoms with Crippen molar-refractivity contribution >= 4 is 23.7 Å². The van der Waals surface area contributed by atoms with Crippen LogP contribution in [0.2, 0.25) is 0 Å². The monoisotopic (exact) mass is 371 g/mol. The minimum atomic E-state index is -1.93. The van der Waals surface area contributed by atoms with Gasteiger partial charge < -0.3 is 14.2 Å². The number of carbonyl (C=O) groups is 4. The fraction of sp³-hybridized carbons (Fsp3) is 0.421. The minimum absolute atomic E-state index is 0.476. The van der Waals surface area contributed by atoms with E-state index < -0.39 is 52.8 Å². The zero-order valence-corrected chi connectivity index (χ0v) is 14.9. The maximum absolute atomic E-state index is 13.1. The summed E-state index contributed by atoms with van der Waals surface area (Å²) in [5.41, 5.74) is -0.974. The molecule has 0 heterocycles. The molecule has 0 aliphatic heterocycles. The Hall–Kier alpha value is -3.21. The third-order valence-corrected chi connectivity index (χ3v) is 5.55. The molecule has 2 aliphatic carbocycles. The number of methoxy groups -OCH3 is 3. The fourth-order valence-electron chi connectivity index (χ4n) is 4.53. The first-order chi connectivity index (χ1) is 12.9. The van der Waals surface area contributed by atoms with Gasteiger partial charge in [0, 0.05) is 11.8 Å². The van der Waals surface area contributed by atoms with Gasteiger partial charge in [-0.2, -0.15) is 5.26 Å². The van der Waals surface area contributed by atoms with Crippen LogP contribution in [0.1, 0.15) is 23.0 Å².